The Hall–Kier alpha value is -2.35. The van der Waals surface area contributed by atoms with Gasteiger partial charge in [-0.3, -0.25) is 4.79 Å². The number of nitrogens with one attached hydrogen (secondary N) is 1. The highest BCUT2D eigenvalue weighted by Gasteiger charge is 2.01. The Bertz CT molecular complexity index is 664. The number of rotatable bonds is 5. The number of carbonyl (C=O) groups is 1. The van der Waals surface area contributed by atoms with E-state index in [0.717, 1.165) is 11.3 Å². The van der Waals surface area contributed by atoms with Crippen LogP contribution >= 0.6 is 0 Å². The van der Waals surface area contributed by atoms with E-state index in [1.807, 2.05) is 30.3 Å². The summed E-state index contributed by atoms with van der Waals surface area (Å²) in [6.07, 6.45) is 3.41. The van der Waals surface area contributed by atoms with Crippen molar-refractivity contribution in [1.29, 1.82) is 0 Å². The fourth-order valence-corrected chi connectivity index (χ4v) is 2.30. The predicted octanol–water partition coefficient (Wildman–Crippen LogP) is 5.59. The van der Waals surface area contributed by atoms with Crippen molar-refractivity contribution in [2.75, 3.05) is 5.32 Å². The van der Waals surface area contributed by atoms with Gasteiger partial charge >= 0.3 is 0 Å². The van der Waals surface area contributed by atoms with Crippen LogP contribution in [0.25, 0.3) is 6.08 Å². The molecule has 0 saturated heterocycles. The first-order valence-corrected chi connectivity index (χ1v) is 8.14. The third-order valence-corrected chi connectivity index (χ3v) is 3.88. The van der Waals surface area contributed by atoms with E-state index in [1.165, 1.54) is 11.1 Å². The quantitative estimate of drug-likeness (QED) is 0.717. The van der Waals surface area contributed by atoms with E-state index in [2.05, 4.69) is 57.3 Å². The van der Waals surface area contributed by atoms with Gasteiger partial charge < -0.3 is 5.32 Å². The van der Waals surface area contributed by atoms with E-state index in [9.17, 15) is 4.79 Å². The molecule has 1 N–H and O–H groups in total. The zero-order chi connectivity index (χ0) is 16.8. The van der Waals surface area contributed by atoms with Crippen LogP contribution in [0.4, 0.5) is 5.69 Å². The van der Waals surface area contributed by atoms with Crippen molar-refractivity contribution in [3.63, 3.8) is 0 Å². The van der Waals surface area contributed by atoms with Crippen LogP contribution in [0.5, 0.6) is 0 Å². The Morgan fingerprint density at radius 2 is 1.30 bits per heavy atom. The number of anilines is 1. The molecule has 0 spiro atoms. The summed E-state index contributed by atoms with van der Waals surface area (Å²) in [5.41, 5.74) is 4.42. The van der Waals surface area contributed by atoms with Crippen LogP contribution in [0.2, 0.25) is 0 Å². The molecular weight excluding hydrogens is 282 g/mol. The minimum Gasteiger partial charge on any atom is -0.323 e. The maximum atomic E-state index is 12.0. The van der Waals surface area contributed by atoms with Gasteiger partial charge in [-0.05, 0) is 46.7 Å². The summed E-state index contributed by atoms with van der Waals surface area (Å²) >= 11 is 0. The molecule has 2 aromatic rings. The van der Waals surface area contributed by atoms with E-state index >= 15 is 0 Å². The lowest BCUT2D eigenvalue weighted by Gasteiger charge is -2.07. The molecule has 2 nitrogen and oxygen atoms in total. The highest BCUT2D eigenvalue weighted by Crippen LogP contribution is 2.17. The standard InChI is InChI=1S/C21H25NO/c1-15(2)18-8-5-17(6-9-18)7-14-21(23)22-20-12-10-19(11-13-20)16(3)4/h5-16H,1-4H3,(H,22,23). The first-order valence-electron chi connectivity index (χ1n) is 8.14. The lowest BCUT2D eigenvalue weighted by Crippen LogP contribution is -2.07. The van der Waals surface area contributed by atoms with Gasteiger partial charge in [-0.25, -0.2) is 0 Å². The fraction of sp³-hybridized carbons (Fsp3) is 0.286. The number of amides is 1. The van der Waals surface area contributed by atoms with Gasteiger partial charge in [0.05, 0.1) is 0 Å². The summed E-state index contributed by atoms with van der Waals surface area (Å²) < 4.78 is 0. The smallest absolute Gasteiger partial charge is 0.248 e. The van der Waals surface area contributed by atoms with Crippen molar-refractivity contribution in [3.8, 4) is 0 Å². The van der Waals surface area contributed by atoms with Gasteiger partial charge in [-0.2, -0.15) is 0 Å². The molecule has 23 heavy (non-hydrogen) atoms. The molecule has 2 rings (SSSR count). The van der Waals surface area contributed by atoms with Crippen molar-refractivity contribution >= 4 is 17.7 Å². The van der Waals surface area contributed by atoms with Gasteiger partial charge in [-0.1, -0.05) is 64.1 Å². The molecule has 0 radical (unpaired) electrons. The van der Waals surface area contributed by atoms with E-state index in [4.69, 9.17) is 0 Å². The number of hydrogen-bond acceptors (Lipinski definition) is 1. The Labute approximate surface area is 139 Å². The molecule has 0 bridgehead atoms. The molecule has 0 saturated carbocycles. The lowest BCUT2D eigenvalue weighted by atomic mass is 10.0. The van der Waals surface area contributed by atoms with Crippen LogP contribution in [-0.4, -0.2) is 5.91 Å². The van der Waals surface area contributed by atoms with E-state index in [1.54, 1.807) is 6.08 Å². The third kappa shape index (κ3) is 5.10. The first kappa shape index (κ1) is 17.0. The van der Waals surface area contributed by atoms with Crippen molar-refractivity contribution in [2.45, 2.75) is 39.5 Å². The first-order chi connectivity index (χ1) is 11.0. The molecule has 1 amide bonds. The highest BCUT2D eigenvalue weighted by molar-refractivity contribution is 6.01. The minimum absolute atomic E-state index is 0.116. The van der Waals surface area contributed by atoms with Crippen LogP contribution in [0, 0.1) is 0 Å². The molecule has 0 atom stereocenters. The van der Waals surface area contributed by atoms with Crippen molar-refractivity contribution in [3.05, 3.63) is 71.3 Å². The zero-order valence-corrected chi connectivity index (χ0v) is 14.3. The Morgan fingerprint density at radius 1 is 0.826 bits per heavy atom. The van der Waals surface area contributed by atoms with Crippen LogP contribution < -0.4 is 5.32 Å². The monoisotopic (exact) mass is 307 g/mol. The molecule has 0 unspecified atom stereocenters. The van der Waals surface area contributed by atoms with E-state index in [-0.39, 0.29) is 5.91 Å². The van der Waals surface area contributed by atoms with E-state index < -0.39 is 0 Å². The molecule has 2 aromatic carbocycles. The van der Waals surface area contributed by atoms with Gasteiger partial charge in [0.1, 0.15) is 0 Å². The molecule has 2 heteroatoms. The summed E-state index contributed by atoms with van der Waals surface area (Å²) in [5.74, 6) is 0.897. The summed E-state index contributed by atoms with van der Waals surface area (Å²) in [7, 11) is 0. The average Bonchev–Trinajstić information content (AvgIpc) is 2.54. The number of benzene rings is 2. The molecule has 120 valence electrons. The molecular formula is C21H25NO. The van der Waals surface area contributed by atoms with Gasteiger partial charge in [0.15, 0.2) is 0 Å². The van der Waals surface area contributed by atoms with Crippen LogP contribution in [0.15, 0.2) is 54.6 Å². The number of hydrogen-bond donors (Lipinski definition) is 1. The van der Waals surface area contributed by atoms with Crippen molar-refractivity contribution in [1.82, 2.24) is 0 Å². The Balaban J connectivity index is 1.95. The second kappa shape index (κ2) is 7.77. The maximum Gasteiger partial charge on any atom is 0.248 e. The number of carbonyl (C=O) groups excluding carboxylic acids is 1. The van der Waals surface area contributed by atoms with Crippen LogP contribution in [0.3, 0.4) is 0 Å². The molecule has 0 aliphatic rings. The molecule has 0 heterocycles. The van der Waals surface area contributed by atoms with Gasteiger partial charge in [0.25, 0.3) is 0 Å². The average molecular weight is 307 g/mol. The van der Waals surface area contributed by atoms with Crippen LogP contribution in [0.1, 0.15) is 56.2 Å². The fourth-order valence-electron chi connectivity index (χ4n) is 2.30. The highest BCUT2D eigenvalue weighted by atomic mass is 16.1. The molecule has 0 aliphatic carbocycles. The topological polar surface area (TPSA) is 29.1 Å². The second-order valence-electron chi connectivity index (χ2n) is 6.42. The summed E-state index contributed by atoms with van der Waals surface area (Å²) in [6, 6.07) is 16.3. The molecule has 0 aromatic heterocycles. The van der Waals surface area contributed by atoms with Gasteiger partial charge in [0, 0.05) is 11.8 Å². The zero-order valence-electron chi connectivity index (χ0n) is 14.3. The largest absolute Gasteiger partial charge is 0.323 e. The predicted molar refractivity (Wildman–Crippen MR) is 98.7 cm³/mol. The SMILES string of the molecule is CC(C)c1ccc(C=CC(=O)Nc2ccc(C(C)C)cc2)cc1. The molecule has 0 fully saturated rings. The Kier molecular flexibility index (Phi) is 5.75. The Morgan fingerprint density at radius 3 is 1.78 bits per heavy atom. The second-order valence-corrected chi connectivity index (χ2v) is 6.42. The van der Waals surface area contributed by atoms with Gasteiger partial charge in [0.2, 0.25) is 5.91 Å². The third-order valence-electron chi connectivity index (χ3n) is 3.88. The van der Waals surface area contributed by atoms with Crippen molar-refractivity contribution < 1.29 is 4.79 Å². The summed E-state index contributed by atoms with van der Waals surface area (Å²) in [6.45, 7) is 8.65. The lowest BCUT2D eigenvalue weighted by molar-refractivity contribution is -0.111. The molecule has 0 aliphatic heterocycles. The summed E-state index contributed by atoms with van der Waals surface area (Å²) in [5, 5.41) is 2.88. The van der Waals surface area contributed by atoms with Crippen molar-refractivity contribution in [2.24, 2.45) is 0 Å². The van der Waals surface area contributed by atoms with E-state index in [0.29, 0.717) is 11.8 Å². The van der Waals surface area contributed by atoms with Gasteiger partial charge in [-0.15, -0.1) is 0 Å². The maximum absolute atomic E-state index is 12.0. The van der Waals surface area contributed by atoms with Crippen LogP contribution in [-0.2, 0) is 4.79 Å². The summed E-state index contributed by atoms with van der Waals surface area (Å²) in [4.78, 5) is 12.0. The normalized spacial score (nSPS) is 11.4. The minimum atomic E-state index is -0.116.